The number of aliphatic hydroxyl groups is 1. The second-order valence-electron chi connectivity index (χ2n) is 2.57. The highest BCUT2D eigenvalue weighted by Crippen LogP contribution is 2.43. The van der Waals surface area contributed by atoms with E-state index in [-0.39, 0.29) is 0 Å². The van der Waals surface area contributed by atoms with Crippen LogP contribution in [0.3, 0.4) is 0 Å². The van der Waals surface area contributed by atoms with Gasteiger partial charge in [0, 0.05) is 0 Å². The Bertz CT molecular complexity index is 384. The molecule has 14 heavy (non-hydrogen) atoms. The maximum absolute atomic E-state index is 10.9. The number of aromatic hydroxyl groups is 4. The molecule has 0 aliphatic rings. The van der Waals surface area contributed by atoms with Crippen LogP contribution in [0.5, 0.6) is 23.0 Å². The summed E-state index contributed by atoms with van der Waals surface area (Å²) in [4.78, 5) is 10.9. The fraction of sp³-hybridized carbons (Fsp3) is 0.125. The summed E-state index contributed by atoms with van der Waals surface area (Å²) >= 11 is 0. The summed E-state index contributed by atoms with van der Waals surface area (Å²) in [6.07, 6.45) is 0. The number of hydrogen-bond donors (Lipinski definition) is 5. The number of aliphatic hydroxyl groups excluding tert-OH is 1. The lowest BCUT2D eigenvalue weighted by Crippen LogP contribution is -2.04. The standard InChI is InChI=1S/C8H8O6/c9-2-5(11)3-1-4(10)7(13)8(14)6(3)12/h1,9-10,12-14H,2H2. The van der Waals surface area contributed by atoms with Gasteiger partial charge in [-0.1, -0.05) is 0 Å². The normalized spacial score (nSPS) is 10.1. The molecule has 0 unspecified atom stereocenters. The summed E-state index contributed by atoms with van der Waals surface area (Å²) in [6, 6.07) is 0.753. The topological polar surface area (TPSA) is 118 Å². The van der Waals surface area contributed by atoms with Gasteiger partial charge in [0.25, 0.3) is 0 Å². The fourth-order valence-electron chi connectivity index (χ4n) is 0.932. The molecule has 0 bridgehead atoms. The molecule has 0 saturated heterocycles. The first kappa shape index (κ1) is 10.1. The van der Waals surface area contributed by atoms with Gasteiger partial charge in [-0.2, -0.15) is 0 Å². The zero-order valence-corrected chi connectivity index (χ0v) is 6.93. The molecule has 1 aromatic carbocycles. The molecule has 5 N–H and O–H groups in total. The van der Waals surface area contributed by atoms with Gasteiger partial charge in [-0.25, -0.2) is 0 Å². The zero-order valence-electron chi connectivity index (χ0n) is 6.93. The van der Waals surface area contributed by atoms with Crippen LogP contribution in [0.2, 0.25) is 0 Å². The van der Waals surface area contributed by atoms with E-state index in [1.54, 1.807) is 0 Å². The molecule has 0 aromatic heterocycles. The summed E-state index contributed by atoms with van der Waals surface area (Å²) in [5.41, 5.74) is -0.458. The summed E-state index contributed by atoms with van der Waals surface area (Å²) in [6.45, 7) is -0.878. The van der Waals surface area contributed by atoms with E-state index in [2.05, 4.69) is 0 Å². The second-order valence-corrected chi connectivity index (χ2v) is 2.57. The van der Waals surface area contributed by atoms with Crippen molar-refractivity contribution < 1.29 is 30.3 Å². The smallest absolute Gasteiger partial charge is 0.205 e. The lowest BCUT2D eigenvalue weighted by Gasteiger charge is -2.07. The number of carbonyl (C=O) groups excluding carboxylic acids is 1. The summed E-state index contributed by atoms with van der Waals surface area (Å²) in [7, 11) is 0. The number of carbonyl (C=O) groups is 1. The first-order valence-electron chi connectivity index (χ1n) is 3.60. The molecule has 0 aliphatic heterocycles. The number of rotatable bonds is 2. The molecule has 0 fully saturated rings. The van der Waals surface area contributed by atoms with Gasteiger partial charge in [-0.3, -0.25) is 4.79 Å². The Labute approximate surface area is 78.3 Å². The molecule has 0 amide bonds. The molecule has 6 heteroatoms. The van der Waals surface area contributed by atoms with Gasteiger partial charge in [0.05, 0.1) is 5.56 Å². The minimum Gasteiger partial charge on any atom is -0.504 e. The SMILES string of the molecule is O=C(CO)c1cc(O)c(O)c(O)c1O. The molecule has 0 aliphatic carbocycles. The Morgan fingerprint density at radius 2 is 1.64 bits per heavy atom. The Balaban J connectivity index is 3.40. The van der Waals surface area contributed by atoms with E-state index in [1.807, 2.05) is 0 Å². The molecule has 0 spiro atoms. The minimum atomic E-state index is -0.998. The molecule has 0 radical (unpaired) electrons. The zero-order chi connectivity index (χ0) is 10.9. The van der Waals surface area contributed by atoms with Crippen molar-refractivity contribution in [3.63, 3.8) is 0 Å². The van der Waals surface area contributed by atoms with Gasteiger partial charge in [0.2, 0.25) is 11.5 Å². The van der Waals surface area contributed by atoms with Crippen molar-refractivity contribution in [2.75, 3.05) is 6.61 Å². The van der Waals surface area contributed by atoms with Crippen molar-refractivity contribution in [2.24, 2.45) is 0 Å². The van der Waals surface area contributed by atoms with Crippen molar-refractivity contribution in [1.82, 2.24) is 0 Å². The summed E-state index contributed by atoms with van der Waals surface area (Å²) in [5.74, 6) is -4.43. The summed E-state index contributed by atoms with van der Waals surface area (Å²) in [5, 5.41) is 44.6. The Morgan fingerprint density at radius 3 is 2.14 bits per heavy atom. The predicted octanol–water partition coefficient (Wildman–Crippen LogP) is -0.316. The lowest BCUT2D eigenvalue weighted by molar-refractivity contribution is 0.0899. The molecular formula is C8H8O6. The van der Waals surface area contributed by atoms with E-state index >= 15 is 0 Å². The number of phenols is 4. The average molecular weight is 200 g/mol. The van der Waals surface area contributed by atoms with Gasteiger partial charge in [0.1, 0.15) is 6.61 Å². The predicted molar refractivity (Wildman–Crippen MR) is 44.5 cm³/mol. The molecule has 0 heterocycles. The van der Waals surface area contributed by atoms with Crippen molar-refractivity contribution in [2.45, 2.75) is 0 Å². The molecule has 1 rings (SSSR count). The minimum absolute atomic E-state index is 0.458. The van der Waals surface area contributed by atoms with Crippen molar-refractivity contribution in [3.8, 4) is 23.0 Å². The highest BCUT2D eigenvalue weighted by atomic mass is 16.3. The van der Waals surface area contributed by atoms with Crippen molar-refractivity contribution in [3.05, 3.63) is 11.6 Å². The second kappa shape index (κ2) is 3.43. The van der Waals surface area contributed by atoms with E-state index in [9.17, 15) is 4.79 Å². The van der Waals surface area contributed by atoms with Crippen LogP contribution in [0.25, 0.3) is 0 Å². The third-order valence-corrected chi connectivity index (χ3v) is 1.67. The maximum atomic E-state index is 10.9. The quantitative estimate of drug-likeness (QED) is 0.254. The monoisotopic (exact) mass is 200 g/mol. The van der Waals surface area contributed by atoms with Crippen LogP contribution in [0.1, 0.15) is 10.4 Å². The molecule has 1 aromatic rings. The largest absolute Gasteiger partial charge is 0.504 e. The van der Waals surface area contributed by atoms with Crippen LogP contribution >= 0.6 is 0 Å². The van der Waals surface area contributed by atoms with E-state index in [0.717, 1.165) is 6.07 Å². The highest BCUT2D eigenvalue weighted by molar-refractivity contribution is 6.01. The number of ketones is 1. The first-order valence-corrected chi connectivity index (χ1v) is 3.60. The third kappa shape index (κ3) is 1.42. The Hall–Kier alpha value is -1.95. The lowest BCUT2D eigenvalue weighted by atomic mass is 10.1. The van der Waals surface area contributed by atoms with Gasteiger partial charge in [-0.05, 0) is 6.07 Å². The van der Waals surface area contributed by atoms with Crippen LogP contribution in [0.4, 0.5) is 0 Å². The number of phenolic OH excluding ortho intramolecular Hbond substituents is 4. The number of benzene rings is 1. The van der Waals surface area contributed by atoms with Crippen molar-refractivity contribution in [1.29, 1.82) is 0 Å². The first-order chi connectivity index (χ1) is 6.49. The number of Topliss-reactive ketones (excluding diaryl/α,β-unsaturated/α-hetero) is 1. The van der Waals surface area contributed by atoms with Gasteiger partial charge in [-0.15, -0.1) is 0 Å². The molecule has 76 valence electrons. The molecule has 6 nitrogen and oxygen atoms in total. The van der Waals surface area contributed by atoms with Gasteiger partial charge in [0.15, 0.2) is 17.3 Å². The van der Waals surface area contributed by atoms with Gasteiger partial charge < -0.3 is 25.5 Å². The highest BCUT2D eigenvalue weighted by Gasteiger charge is 2.20. The van der Waals surface area contributed by atoms with E-state index in [0.29, 0.717) is 0 Å². The van der Waals surface area contributed by atoms with Crippen LogP contribution in [-0.4, -0.2) is 37.9 Å². The number of hydrogen-bond acceptors (Lipinski definition) is 6. The van der Waals surface area contributed by atoms with Gasteiger partial charge >= 0.3 is 0 Å². The average Bonchev–Trinajstić information content (AvgIpc) is 2.19. The fourth-order valence-corrected chi connectivity index (χ4v) is 0.932. The Morgan fingerprint density at radius 1 is 1.07 bits per heavy atom. The van der Waals surface area contributed by atoms with Crippen LogP contribution in [0.15, 0.2) is 6.07 Å². The van der Waals surface area contributed by atoms with Crippen LogP contribution < -0.4 is 0 Å². The molecular weight excluding hydrogens is 192 g/mol. The van der Waals surface area contributed by atoms with E-state index in [1.165, 1.54) is 0 Å². The maximum Gasteiger partial charge on any atom is 0.205 e. The van der Waals surface area contributed by atoms with Crippen LogP contribution in [0, 0.1) is 0 Å². The van der Waals surface area contributed by atoms with E-state index in [4.69, 9.17) is 25.5 Å². The van der Waals surface area contributed by atoms with Crippen molar-refractivity contribution >= 4 is 5.78 Å². The van der Waals surface area contributed by atoms with Crippen LogP contribution in [-0.2, 0) is 0 Å². The Kier molecular flexibility index (Phi) is 2.48. The third-order valence-electron chi connectivity index (χ3n) is 1.67. The summed E-state index contributed by atoms with van der Waals surface area (Å²) < 4.78 is 0. The molecule has 0 atom stereocenters. The van der Waals surface area contributed by atoms with E-state index < -0.39 is 41.0 Å². The molecule has 0 saturated carbocycles.